The minimum absolute atomic E-state index is 0.159. The molecule has 0 saturated carbocycles. The first-order valence-corrected chi connectivity index (χ1v) is 4.64. The maximum atomic E-state index is 11.3. The third-order valence-electron chi connectivity index (χ3n) is 1.84. The van der Waals surface area contributed by atoms with E-state index in [1.54, 1.807) is 0 Å². The molecule has 0 spiro atoms. The van der Waals surface area contributed by atoms with Gasteiger partial charge in [0.15, 0.2) is 0 Å². The number of hydrogen-bond acceptors (Lipinski definition) is 2. The molecule has 1 unspecified atom stereocenters. The van der Waals surface area contributed by atoms with E-state index >= 15 is 0 Å². The van der Waals surface area contributed by atoms with Gasteiger partial charge in [-0.15, -0.1) is 0 Å². The first kappa shape index (κ1) is 11.4. The Balaban J connectivity index is 3.43. The van der Waals surface area contributed by atoms with Crippen LogP contribution in [0.4, 0.5) is 0 Å². The average Bonchev–Trinajstić information content (AvgIpc) is 2.05. The van der Waals surface area contributed by atoms with Crippen molar-refractivity contribution < 1.29 is 4.79 Å². The highest BCUT2D eigenvalue weighted by molar-refractivity contribution is 5.78. The van der Waals surface area contributed by atoms with Crippen LogP contribution in [-0.2, 0) is 4.79 Å². The molecule has 0 aliphatic carbocycles. The molecule has 0 aromatic carbocycles. The molecule has 0 aromatic rings. The number of likely N-dealkylation sites (N-methyl/N-ethyl adjacent to an activating group) is 1. The lowest BCUT2D eigenvalue weighted by Gasteiger charge is -2.10. The summed E-state index contributed by atoms with van der Waals surface area (Å²) in [6.07, 6.45) is 2.05. The molecule has 0 radical (unpaired) electrons. The van der Waals surface area contributed by atoms with Gasteiger partial charge in [0.2, 0.25) is 5.91 Å². The average molecular weight is 172 g/mol. The van der Waals surface area contributed by atoms with Gasteiger partial charge in [-0.2, -0.15) is 0 Å². The molecule has 1 atom stereocenters. The van der Waals surface area contributed by atoms with Gasteiger partial charge in [0.05, 0.1) is 0 Å². The van der Waals surface area contributed by atoms with E-state index in [0.29, 0.717) is 0 Å². The van der Waals surface area contributed by atoms with Crippen LogP contribution in [0.1, 0.15) is 26.7 Å². The summed E-state index contributed by atoms with van der Waals surface area (Å²) in [6, 6.07) is 0. The Morgan fingerprint density at radius 2 is 2.08 bits per heavy atom. The van der Waals surface area contributed by atoms with Crippen LogP contribution in [0.2, 0.25) is 0 Å². The zero-order valence-corrected chi connectivity index (χ0v) is 8.31. The standard InChI is InChI=1S/C9H20N2O/c1-4-5-8(2)9(12)11-7-6-10-3/h8,10H,4-7H2,1-3H3,(H,11,12). The van der Waals surface area contributed by atoms with Gasteiger partial charge < -0.3 is 10.6 Å². The van der Waals surface area contributed by atoms with E-state index in [-0.39, 0.29) is 11.8 Å². The van der Waals surface area contributed by atoms with E-state index in [9.17, 15) is 4.79 Å². The van der Waals surface area contributed by atoms with Crippen molar-refractivity contribution in [1.82, 2.24) is 10.6 Å². The number of carbonyl (C=O) groups is 1. The molecule has 0 heterocycles. The summed E-state index contributed by atoms with van der Waals surface area (Å²) in [5, 5.41) is 5.85. The molecule has 12 heavy (non-hydrogen) atoms. The summed E-state index contributed by atoms with van der Waals surface area (Å²) in [7, 11) is 1.88. The Hall–Kier alpha value is -0.570. The number of amides is 1. The van der Waals surface area contributed by atoms with E-state index in [2.05, 4.69) is 17.6 Å². The SMILES string of the molecule is CCCC(C)C(=O)NCCNC. The number of rotatable bonds is 6. The van der Waals surface area contributed by atoms with Crippen molar-refractivity contribution in [2.24, 2.45) is 5.92 Å². The van der Waals surface area contributed by atoms with Gasteiger partial charge in [0, 0.05) is 19.0 Å². The van der Waals surface area contributed by atoms with E-state index in [1.165, 1.54) is 0 Å². The van der Waals surface area contributed by atoms with Crippen molar-refractivity contribution in [1.29, 1.82) is 0 Å². The van der Waals surface area contributed by atoms with Crippen LogP contribution in [0, 0.1) is 5.92 Å². The van der Waals surface area contributed by atoms with Crippen molar-refractivity contribution >= 4 is 5.91 Å². The van der Waals surface area contributed by atoms with Crippen LogP contribution in [-0.4, -0.2) is 26.0 Å². The summed E-state index contributed by atoms with van der Waals surface area (Å²) in [5.74, 6) is 0.332. The third kappa shape index (κ3) is 5.13. The van der Waals surface area contributed by atoms with Crippen molar-refractivity contribution in [2.45, 2.75) is 26.7 Å². The summed E-state index contributed by atoms with van der Waals surface area (Å²) in [4.78, 5) is 11.3. The maximum Gasteiger partial charge on any atom is 0.222 e. The monoisotopic (exact) mass is 172 g/mol. The minimum atomic E-state index is 0.159. The predicted molar refractivity (Wildman–Crippen MR) is 51.0 cm³/mol. The first-order valence-electron chi connectivity index (χ1n) is 4.64. The second-order valence-electron chi connectivity index (χ2n) is 3.08. The molecule has 3 heteroatoms. The predicted octanol–water partition coefficient (Wildman–Crippen LogP) is 0.758. The quantitative estimate of drug-likeness (QED) is 0.581. The summed E-state index contributed by atoms with van der Waals surface area (Å²) >= 11 is 0. The molecule has 0 saturated heterocycles. The van der Waals surface area contributed by atoms with Gasteiger partial charge >= 0.3 is 0 Å². The van der Waals surface area contributed by atoms with Gasteiger partial charge in [-0.1, -0.05) is 20.3 Å². The fourth-order valence-corrected chi connectivity index (χ4v) is 1.05. The second-order valence-corrected chi connectivity index (χ2v) is 3.08. The zero-order valence-electron chi connectivity index (χ0n) is 8.31. The van der Waals surface area contributed by atoms with E-state index in [1.807, 2.05) is 14.0 Å². The van der Waals surface area contributed by atoms with Gasteiger partial charge in [0.25, 0.3) is 0 Å². The molecule has 0 bridgehead atoms. The number of nitrogens with one attached hydrogen (secondary N) is 2. The van der Waals surface area contributed by atoms with E-state index in [4.69, 9.17) is 0 Å². The molecule has 0 aliphatic rings. The summed E-state index contributed by atoms with van der Waals surface area (Å²) < 4.78 is 0. The molecule has 0 rings (SSSR count). The fraction of sp³-hybridized carbons (Fsp3) is 0.889. The van der Waals surface area contributed by atoms with Crippen molar-refractivity contribution in [3.63, 3.8) is 0 Å². The van der Waals surface area contributed by atoms with Gasteiger partial charge in [-0.3, -0.25) is 4.79 Å². The highest BCUT2D eigenvalue weighted by atomic mass is 16.1. The van der Waals surface area contributed by atoms with Crippen LogP contribution in [0.15, 0.2) is 0 Å². The normalized spacial score (nSPS) is 12.6. The summed E-state index contributed by atoms with van der Waals surface area (Å²) in [5.41, 5.74) is 0. The minimum Gasteiger partial charge on any atom is -0.355 e. The zero-order chi connectivity index (χ0) is 9.40. The molecule has 2 N–H and O–H groups in total. The smallest absolute Gasteiger partial charge is 0.222 e. The Labute approximate surface area is 74.9 Å². The van der Waals surface area contributed by atoms with Crippen LogP contribution in [0.3, 0.4) is 0 Å². The molecular weight excluding hydrogens is 152 g/mol. The van der Waals surface area contributed by atoms with Gasteiger partial charge in [0.1, 0.15) is 0 Å². The fourth-order valence-electron chi connectivity index (χ4n) is 1.05. The Kier molecular flexibility index (Phi) is 6.76. The molecule has 1 amide bonds. The van der Waals surface area contributed by atoms with Crippen molar-refractivity contribution in [3.05, 3.63) is 0 Å². The molecular formula is C9H20N2O. The molecule has 72 valence electrons. The topological polar surface area (TPSA) is 41.1 Å². The van der Waals surface area contributed by atoms with Crippen molar-refractivity contribution in [2.75, 3.05) is 20.1 Å². The highest BCUT2D eigenvalue weighted by Gasteiger charge is 2.09. The Morgan fingerprint density at radius 1 is 1.42 bits per heavy atom. The van der Waals surface area contributed by atoms with Gasteiger partial charge in [-0.05, 0) is 13.5 Å². The number of carbonyl (C=O) groups excluding carboxylic acids is 1. The molecule has 0 aliphatic heterocycles. The lowest BCUT2D eigenvalue weighted by atomic mass is 10.1. The lowest BCUT2D eigenvalue weighted by molar-refractivity contribution is -0.124. The third-order valence-corrected chi connectivity index (χ3v) is 1.84. The van der Waals surface area contributed by atoms with Crippen LogP contribution in [0.25, 0.3) is 0 Å². The maximum absolute atomic E-state index is 11.3. The lowest BCUT2D eigenvalue weighted by Crippen LogP contribution is -2.34. The second kappa shape index (κ2) is 7.10. The molecule has 3 nitrogen and oxygen atoms in total. The van der Waals surface area contributed by atoms with Crippen LogP contribution < -0.4 is 10.6 Å². The van der Waals surface area contributed by atoms with E-state index in [0.717, 1.165) is 25.9 Å². The van der Waals surface area contributed by atoms with Crippen LogP contribution in [0.5, 0.6) is 0 Å². The van der Waals surface area contributed by atoms with Crippen LogP contribution >= 0.6 is 0 Å². The highest BCUT2D eigenvalue weighted by Crippen LogP contribution is 2.03. The molecule has 0 fully saturated rings. The van der Waals surface area contributed by atoms with Crippen molar-refractivity contribution in [3.8, 4) is 0 Å². The Bertz CT molecular complexity index is 126. The number of hydrogen-bond donors (Lipinski definition) is 2. The van der Waals surface area contributed by atoms with E-state index < -0.39 is 0 Å². The summed E-state index contributed by atoms with van der Waals surface area (Å²) in [6.45, 7) is 5.63. The first-order chi connectivity index (χ1) is 5.72. The Morgan fingerprint density at radius 3 is 2.58 bits per heavy atom. The molecule has 0 aromatic heterocycles. The largest absolute Gasteiger partial charge is 0.355 e. The van der Waals surface area contributed by atoms with Gasteiger partial charge in [-0.25, -0.2) is 0 Å².